The summed E-state index contributed by atoms with van der Waals surface area (Å²) in [5.74, 6) is -2.14. The molecule has 1 amide bonds. The maximum Gasteiger partial charge on any atom is 0.409 e. The zero-order chi connectivity index (χ0) is 18.3. The monoisotopic (exact) mass is 346 g/mol. The fourth-order valence-corrected chi connectivity index (χ4v) is 3.14. The van der Waals surface area contributed by atoms with E-state index in [4.69, 9.17) is 14.2 Å². The molecule has 5 atom stereocenters. The molecule has 10 heteroatoms. The van der Waals surface area contributed by atoms with E-state index < -0.39 is 52.5 Å². The van der Waals surface area contributed by atoms with Crippen LogP contribution in [0.15, 0.2) is 0 Å². The van der Waals surface area contributed by atoms with Crippen LogP contribution in [0.25, 0.3) is 0 Å². The average molecular weight is 346 g/mol. The highest BCUT2D eigenvalue weighted by Crippen LogP contribution is 2.46. The van der Waals surface area contributed by atoms with Gasteiger partial charge in [-0.2, -0.15) is 0 Å². The first-order valence-corrected chi connectivity index (χ1v) is 7.67. The molecule has 0 aromatic heterocycles. The van der Waals surface area contributed by atoms with Crippen LogP contribution >= 0.6 is 0 Å². The Balaban J connectivity index is 2.19. The fraction of sp³-hybridized carbons (Fsp3) is 0.857. The SMILES string of the molecule is CCOC(=O)[C@@H]1[C@@H]([N+](=O)[O-])[C@H]2CC(O)(NC(=O)OC(C)(C)C)[C@@H]1O2. The van der Waals surface area contributed by atoms with E-state index in [-0.39, 0.29) is 13.0 Å². The molecule has 0 spiro atoms. The van der Waals surface area contributed by atoms with Crippen molar-refractivity contribution in [1.82, 2.24) is 5.32 Å². The minimum atomic E-state index is -1.93. The molecule has 2 N–H and O–H groups in total. The number of alkyl carbamates (subject to hydrolysis) is 1. The molecular formula is C14H22N2O8. The van der Waals surface area contributed by atoms with E-state index in [0.29, 0.717) is 0 Å². The molecule has 2 bridgehead atoms. The predicted octanol–water partition coefficient (Wildman–Crippen LogP) is 0.195. The van der Waals surface area contributed by atoms with Gasteiger partial charge in [-0.3, -0.25) is 20.2 Å². The first kappa shape index (κ1) is 18.4. The Labute approximate surface area is 138 Å². The number of nitrogens with zero attached hydrogens (tertiary/aromatic N) is 1. The lowest BCUT2D eigenvalue weighted by atomic mass is 9.79. The molecule has 2 aliphatic rings. The van der Waals surface area contributed by atoms with Gasteiger partial charge in [-0.25, -0.2) is 4.79 Å². The van der Waals surface area contributed by atoms with Gasteiger partial charge in [0.1, 0.15) is 17.8 Å². The Morgan fingerprint density at radius 3 is 2.58 bits per heavy atom. The van der Waals surface area contributed by atoms with E-state index in [1.807, 2.05) is 0 Å². The maximum atomic E-state index is 12.1. The largest absolute Gasteiger partial charge is 0.465 e. The number of carbonyl (C=O) groups excluding carboxylic acids is 2. The molecule has 0 aliphatic carbocycles. The number of hydrogen-bond donors (Lipinski definition) is 2. The molecule has 136 valence electrons. The van der Waals surface area contributed by atoms with Gasteiger partial charge in [0.05, 0.1) is 6.61 Å². The third-order valence-electron chi connectivity index (χ3n) is 3.90. The van der Waals surface area contributed by atoms with Crippen molar-refractivity contribution in [1.29, 1.82) is 0 Å². The van der Waals surface area contributed by atoms with Crippen molar-refractivity contribution < 1.29 is 33.8 Å². The molecule has 0 saturated carbocycles. The van der Waals surface area contributed by atoms with Gasteiger partial charge in [0.25, 0.3) is 6.04 Å². The van der Waals surface area contributed by atoms with Gasteiger partial charge in [-0.1, -0.05) is 0 Å². The van der Waals surface area contributed by atoms with Crippen LogP contribution in [0.3, 0.4) is 0 Å². The van der Waals surface area contributed by atoms with Gasteiger partial charge in [-0.05, 0) is 27.7 Å². The molecule has 0 aromatic rings. The van der Waals surface area contributed by atoms with Crippen LogP contribution in [0, 0.1) is 16.0 Å². The molecule has 0 aromatic carbocycles. The standard InChI is InChI=1S/C14H22N2O8/c1-5-22-11(17)8-9(16(20)21)7-6-14(19,10(8)23-7)15-12(18)24-13(2,3)4/h7-10,19H,5-6H2,1-4H3,(H,15,18)/t7-,8-,9+,10-,14?/m1/s1. The third kappa shape index (κ3) is 3.44. The van der Waals surface area contributed by atoms with Crippen molar-refractivity contribution in [3.05, 3.63) is 10.1 Å². The van der Waals surface area contributed by atoms with Crippen LogP contribution < -0.4 is 5.32 Å². The van der Waals surface area contributed by atoms with Crippen molar-refractivity contribution >= 4 is 12.1 Å². The van der Waals surface area contributed by atoms with Gasteiger partial charge in [0, 0.05) is 11.3 Å². The van der Waals surface area contributed by atoms with E-state index in [9.17, 15) is 24.8 Å². The minimum absolute atomic E-state index is 0.0368. The van der Waals surface area contributed by atoms with Crippen molar-refractivity contribution in [2.24, 2.45) is 5.92 Å². The van der Waals surface area contributed by atoms with Crippen LogP contribution in [-0.4, -0.2) is 58.3 Å². The second-order valence-electron chi connectivity index (χ2n) is 6.90. The van der Waals surface area contributed by atoms with Gasteiger partial charge in [0.2, 0.25) is 0 Å². The summed E-state index contributed by atoms with van der Waals surface area (Å²) in [7, 11) is 0. The number of nitrogens with one attached hydrogen (secondary N) is 1. The van der Waals surface area contributed by atoms with Crippen LogP contribution in [0.1, 0.15) is 34.1 Å². The zero-order valence-corrected chi connectivity index (χ0v) is 14.0. The zero-order valence-electron chi connectivity index (χ0n) is 14.0. The Kier molecular flexibility index (Phi) is 4.73. The Morgan fingerprint density at radius 2 is 2.08 bits per heavy atom. The smallest absolute Gasteiger partial charge is 0.409 e. The normalized spacial score (nSPS) is 34.7. The number of esters is 1. The second kappa shape index (κ2) is 6.17. The summed E-state index contributed by atoms with van der Waals surface area (Å²) in [6, 6.07) is -1.32. The number of rotatable bonds is 4. The lowest BCUT2D eigenvalue weighted by Gasteiger charge is -2.35. The second-order valence-corrected chi connectivity index (χ2v) is 6.90. The highest BCUT2D eigenvalue weighted by atomic mass is 16.6. The lowest BCUT2D eigenvalue weighted by Crippen LogP contribution is -2.62. The van der Waals surface area contributed by atoms with Gasteiger partial charge in [0.15, 0.2) is 11.6 Å². The molecule has 2 saturated heterocycles. The summed E-state index contributed by atoms with van der Waals surface area (Å²) < 4.78 is 15.3. The summed E-state index contributed by atoms with van der Waals surface area (Å²) in [5.41, 5.74) is -2.72. The maximum absolute atomic E-state index is 12.1. The molecule has 1 unspecified atom stereocenters. The van der Waals surface area contributed by atoms with Crippen LogP contribution in [0.2, 0.25) is 0 Å². The Bertz CT molecular complexity index is 545. The minimum Gasteiger partial charge on any atom is -0.465 e. The number of ether oxygens (including phenoxy) is 3. The van der Waals surface area contributed by atoms with Crippen LogP contribution in [0.5, 0.6) is 0 Å². The molecule has 2 heterocycles. The predicted molar refractivity (Wildman–Crippen MR) is 78.5 cm³/mol. The average Bonchev–Trinajstić information content (AvgIpc) is 2.89. The van der Waals surface area contributed by atoms with Crippen molar-refractivity contribution in [2.75, 3.05) is 6.61 Å². The first-order valence-electron chi connectivity index (χ1n) is 7.67. The van der Waals surface area contributed by atoms with E-state index in [1.54, 1.807) is 27.7 Å². The summed E-state index contributed by atoms with van der Waals surface area (Å²) in [6.45, 7) is 6.56. The molecule has 0 radical (unpaired) electrons. The van der Waals surface area contributed by atoms with E-state index in [1.165, 1.54) is 0 Å². The van der Waals surface area contributed by atoms with Gasteiger partial charge < -0.3 is 19.3 Å². The van der Waals surface area contributed by atoms with Crippen molar-refractivity contribution in [3.63, 3.8) is 0 Å². The van der Waals surface area contributed by atoms with E-state index >= 15 is 0 Å². The molecule has 2 aliphatic heterocycles. The number of hydrogen-bond acceptors (Lipinski definition) is 8. The highest BCUT2D eigenvalue weighted by Gasteiger charge is 2.70. The molecule has 2 rings (SSSR count). The number of carbonyl (C=O) groups is 2. The first-order chi connectivity index (χ1) is 11.0. The third-order valence-corrected chi connectivity index (χ3v) is 3.90. The molecule has 24 heavy (non-hydrogen) atoms. The van der Waals surface area contributed by atoms with Gasteiger partial charge in [-0.15, -0.1) is 0 Å². The van der Waals surface area contributed by atoms with E-state index in [0.717, 1.165) is 0 Å². The Hall–Kier alpha value is -1.94. The van der Waals surface area contributed by atoms with Crippen LogP contribution in [-0.2, 0) is 19.0 Å². The van der Waals surface area contributed by atoms with Crippen molar-refractivity contribution in [2.45, 2.75) is 63.7 Å². The summed E-state index contributed by atoms with van der Waals surface area (Å²) in [4.78, 5) is 34.6. The van der Waals surface area contributed by atoms with Gasteiger partial charge >= 0.3 is 12.1 Å². The fourth-order valence-electron chi connectivity index (χ4n) is 3.14. The Morgan fingerprint density at radius 1 is 1.46 bits per heavy atom. The topological polar surface area (TPSA) is 137 Å². The molecule has 2 fully saturated rings. The number of nitro groups is 1. The molecule has 10 nitrogen and oxygen atoms in total. The summed E-state index contributed by atoms with van der Waals surface area (Å²) in [6.07, 6.45) is -3.39. The number of fused-ring (bicyclic) bond motifs is 2. The van der Waals surface area contributed by atoms with Crippen molar-refractivity contribution in [3.8, 4) is 0 Å². The molecular weight excluding hydrogens is 324 g/mol. The van der Waals surface area contributed by atoms with Crippen LogP contribution in [0.4, 0.5) is 4.79 Å². The number of amides is 1. The highest BCUT2D eigenvalue weighted by molar-refractivity contribution is 5.76. The summed E-state index contributed by atoms with van der Waals surface area (Å²) >= 11 is 0. The summed E-state index contributed by atoms with van der Waals surface area (Å²) in [5, 5.41) is 24.2. The lowest BCUT2D eigenvalue weighted by molar-refractivity contribution is -0.534. The quantitative estimate of drug-likeness (QED) is 0.319. The van der Waals surface area contributed by atoms with E-state index in [2.05, 4.69) is 5.32 Å². The number of aliphatic hydroxyl groups is 1.